The molecule has 1 aliphatic rings. The van der Waals surface area contributed by atoms with Crippen molar-refractivity contribution in [3.8, 4) is 0 Å². The third-order valence-electron chi connectivity index (χ3n) is 2.55. The smallest absolute Gasteiger partial charge is 0.0323 e. The molecule has 1 nitrogen and oxygen atoms in total. The minimum Gasteiger partial charge on any atom is -0.324 e. The van der Waals surface area contributed by atoms with Gasteiger partial charge in [0.1, 0.15) is 0 Å². The third-order valence-corrected chi connectivity index (χ3v) is 5.12. The predicted octanol–water partition coefficient (Wildman–Crippen LogP) is 3.39. The number of aryl methyl sites for hydroxylation is 1. The maximum absolute atomic E-state index is 6.09. The number of hydrogen-bond acceptors (Lipinski definition) is 1. The van der Waals surface area contributed by atoms with Crippen molar-refractivity contribution >= 4 is 38.5 Å². The fourth-order valence-corrected chi connectivity index (χ4v) is 3.15. The van der Waals surface area contributed by atoms with Gasteiger partial charge in [-0.3, -0.25) is 0 Å². The van der Waals surface area contributed by atoms with Crippen molar-refractivity contribution in [1.29, 1.82) is 0 Å². The van der Waals surface area contributed by atoms with E-state index < -0.39 is 0 Å². The average Bonchev–Trinajstić information content (AvgIpc) is 2.12. The second-order valence-corrected chi connectivity index (χ2v) is 5.37. The summed E-state index contributed by atoms with van der Waals surface area (Å²) in [7, 11) is 0. The van der Waals surface area contributed by atoms with E-state index in [-0.39, 0.29) is 6.04 Å². The van der Waals surface area contributed by atoms with Gasteiger partial charge in [-0.05, 0) is 75.0 Å². The molecule has 1 aliphatic carbocycles. The number of fused-ring (bicyclic) bond motifs is 1. The topological polar surface area (TPSA) is 26.0 Å². The summed E-state index contributed by atoms with van der Waals surface area (Å²) in [6.45, 7) is 0. The highest BCUT2D eigenvalue weighted by molar-refractivity contribution is 14.1. The van der Waals surface area contributed by atoms with Crippen LogP contribution in [0.2, 0.25) is 0 Å². The highest BCUT2D eigenvalue weighted by Crippen LogP contribution is 2.35. The lowest BCUT2D eigenvalue weighted by Crippen LogP contribution is -2.18. The number of hydrogen-bond donors (Lipinski definition) is 1. The van der Waals surface area contributed by atoms with Gasteiger partial charge in [0.25, 0.3) is 0 Å². The van der Waals surface area contributed by atoms with Gasteiger partial charge in [0.2, 0.25) is 0 Å². The van der Waals surface area contributed by atoms with E-state index >= 15 is 0 Å². The van der Waals surface area contributed by atoms with Crippen LogP contribution in [-0.4, -0.2) is 0 Å². The monoisotopic (exact) mass is 351 g/mol. The van der Waals surface area contributed by atoms with Gasteiger partial charge in [-0.15, -0.1) is 0 Å². The molecule has 0 spiro atoms. The standard InChI is InChI=1S/C10H11BrIN/c11-7-5-4-6-2-1-3-8(13)9(6)10(7)12/h4-5,8H,1-3,13H2. The van der Waals surface area contributed by atoms with Crippen LogP contribution in [0, 0.1) is 3.57 Å². The second-order valence-electron chi connectivity index (χ2n) is 3.43. The first kappa shape index (κ1) is 9.93. The van der Waals surface area contributed by atoms with Gasteiger partial charge < -0.3 is 5.73 Å². The van der Waals surface area contributed by atoms with Crippen molar-refractivity contribution in [2.45, 2.75) is 25.3 Å². The average molecular weight is 352 g/mol. The Labute approximate surface area is 100 Å². The van der Waals surface area contributed by atoms with Crippen LogP contribution in [0.15, 0.2) is 16.6 Å². The molecule has 0 bridgehead atoms. The second kappa shape index (κ2) is 3.87. The number of nitrogens with two attached hydrogens (primary N) is 1. The molecule has 0 aromatic heterocycles. The van der Waals surface area contributed by atoms with E-state index in [9.17, 15) is 0 Å². The van der Waals surface area contributed by atoms with E-state index in [0.29, 0.717) is 0 Å². The summed E-state index contributed by atoms with van der Waals surface area (Å²) >= 11 is 5.91. The van der Waals surface area contributed by atoms with Crippen molar-refractivity contribution < 1.29 is 0 Å². The van der Waals surface area contributed by atoms with Crippen LogP contribution in [0.25, 0.3) is 0 Å². The Kier molecular flexibility index (Phi) is 2.95. The van der Waals surface area contributed by atoms with Gasteiger partial charge in [-0.2, -0.15) is 0 Å². The fraction of sp³-hybridized carbons (Fsp3) is 0.400. The number of halogens is 2. The van der Waals surface area contributed by atoms with E-state index in [1.54, 1.807) is 0 Å². The zero-order valence-electron chi connectivity index (χ0n) is 7.19. The van der Waals surface area contributed by atoms with Gasteiger partial charge in [0.15, 0.2) is 0 Å². The Bertz CT molecular complexity index is 338. The van der Waals surface area contributed by atoms with Crippen molar-refractivity contribution in [2.24, 2.45) is 5.73 Å². The zero-order chi connectivity index (χ0) is 9.42. The highest BCUT2D eigenvalue weighted by atomic mass is 127. The molecular weight excluding hydrogens is 341 g/mol. The molecular formula is C10H11BrIN. The van der Waals surface area contributed by atoms with Crippen LogP contribution in [0.4, 0.5) is 0 Å². The predicted molar refractivity (Wildman–Crippen MR) is 66.7 cm³/mol. The van der Waals surface area contributed by atoms with Crippen molar-refractivity contribution in [2.75, 3.05) is 0 Å². The van der Waals surface area contributed by atoms with Crippen LogP contribution in [0.5, 0.6) is 0 Å². The van der Waals surface area contributed by atoms with E-state index in [4.69, 9.17) is 5.73 Å². The molecule has 3 heteroatoms. The molecule has 1 atom stereocenters. The van der Waals surface area contributed by atoms with Crippen molar-refractivity contribution in [3.63, 3.8) is 0 Å². The molecule has 0 fully saturated rings. The Hall–Kier alpha value is 0.390. The van der Waals surface area contributed by atoms with Crippen LogP contribution < -0.4 is 5.73 Å². The maximum Gasteiger partial charge on any atom is 0.0323 e. The lowest BCUT2D eigenvalue weighted by atomic mass is 9.88. The molecule has 0 radical (unpaired) electrons. The summed E-state index contributed by atoms with van der Waals surface area (Å²) in [5.41, 5.74) is 8.89. The molecule has 2 N–H and O–H groups in total. The third kappa shape index (κ3) is 1.78. The molecule has 2 rings (SSSR count). The summed E-state index contributed by atoms with van der Waals surface area (Å²) in [4.78, 5) is 0. The Morgan fingerprint density at radius 2 is 2.23 bits per heavy atom. The minimum absolute atomic E-state index is 0.244. The molecule has 0 saturated heterocycles. The van der Waals surface area contributed by atoms with Gasteiger partial charge >= 0.3 is 0 Å². The molecule has 1 aromatic carbocycles. The van der Waals surface area contributed by atoms with Crippen LogP contribution in [-0.2, 0) is 6.42 Å². The largest absolute Gasteiger partial charge is 0.324 e. The first-order valence-electron chi connectivity index (χ1n) is 4.42. The summed E-state index contributed by atoms with van der Waals surface area (Å²) in [6.07, 6.45) is 3.54. The summed E-state index contributed by atoms with van der Waals surface area (Å²) in [5.74, 6) is 0. The Morgan fingerprint density at radius 1 is 1.46 bits per heavy atom. The van der Waals surface area contributed by atoms with E-state index in [1.165, 1.54) is 32.0 Å². The maximum atomic E-state index is 6.09. The summed E-state index contributed by atoms with van der Waals surface area (Å²) < 4.78 is 2.46. The lowest BCUT2D eigenvalue weighted by Gasteiger charge is -2.24. The van der Waals surface area contributed by atoms with E-state index in [2.05, 4.69) is 50.7 Å². The first-order valence-corrected chi connectivity index (χ1v) is 6.29. The summed E-state index contributed by atoms with van der Waals surface area (Å²) in [5, 5.41) is 0. The van der Waals surface area contributed by atoms with E-state index in [0.717, 1.165) is 6.42 Å². The number of benzene rings is 1. The lowest BCUT2D eigenvalue weighted by molar-refractivity contribution is 0.567. The van der Waals surface area contributed by atoms with Crippen LogP contribution >= 0.6 is 38.5 Å². The first-order chi connectivity index (χ1) is 6.20. The van der Waals surface area contributed by atoms with Crippen molar-refractivity contribution in [1.82, 2.24) is 0 Å². The SMILES string of the molecule is NC1CCCc2ccc(Br)c(I)c21. The van der Waals surface area contributed by atoms with Gasteiger partial charge in [-0.1, -0.05) is 6.07 Å². The normalized spacial score (nSPS) is 21.3. The Morgan fingerprint density at radius 3 is 3.00 bits per heavy atom. The molecule has 0 aliphatic heterocycles. The Balaban J connectivity index is 2.58. The van der Waals surface area contributed by atoms with Crippen molar-refractivity contribution in [3.05, 3.63) is 31.3 Å². The zero-order valence-corrected chi connectivity index (χ0v) is 10.9. The highest BCUT2D eigenvalue weighted by Gasteiger charge is 2.20. The molecule has 13 heavy (non-hydrogen) atoms. The fourth-order valence-electron chi connectivity index (χ4n) is 1.88. The molecule has 0 heterocycles. The summed E-state index contributed by atoms with van der Waals surface area (Å²) in [6, 6.07) is 4.56. The van der Waals surface area contributed by atoms with E-state index in [1.807, 2.05) is 0 Å². The molecule has 1 unspecified atom stereocenters. The van der Waals surface area contributed by atoms with Gasteiger partial charge in [0.05, 0.1) is 0 Å². The molecule has 70 valence electrons. The minimum atomic E-state index is 0.244. The quantitative estimate of drug-likeness (QED) is 0.712. The number of rotatable bonds is 0. The van der Waals surface area contributed by atoms with Gasteiger partial charge in [-0.25, -0.2) is 0 Å². The molecule has 0 amide bonds. The molecule has 0 saturated carbocycles. The van der Waals surface area contributed by atoms with Crippen LogP contribution in [0.3, 0.4) is 0 Å². The molecule has 1 aromatic rings. The van der Waals surface area contributed by atoms with Crippen LogP contribution in [0.1, 0.15) is 30.0 Å². The van der Waals surface area contributed by atoms with Gasteiger partial charge in [0, 0.05) is 14.1 Å².